The van der Waals surface area contributed by atoms with E-state index < -0.39 is 6.10 Å². The van der Waals surface area contributed by atoms with Crippen molar-refractivity contribution in [2.75, 3.05) is 6.54 Å². The van der Waals surface area contributed by atoms with Gasteiger partial charge < -0.3 is 10.4 Å². The Morgan fingerprint density at radius 1 is 1.47 bits per heavy atom. The van der Waals surface area contributed by atoms with Crippen molar-refractivity contribution in [1.82, 2.24) is 15.1 Å². The molecule has 5 heteroatoms. The summed E-state index contributed by atoms with van der Waals surface area (Å²) in [5.74, 6) is 0. The number of rotatable bonds is 5. The lowest BCUT2D eigenvalue weighted by atomic mass is 10.1. The molecule has 0 radical (unpaired) electrons. The van der Waals surface area contributed by atoms with Crippen LogP contribution in [0.3, 0.4) is 0 Å². The summed E-state index contributed by atoms with van der Waals surface area (Å²) in [4.78, 5) is 0. The number of benzene rings is 1. The number of nitrogens with zero attached hydrogens (tertiary/aromatic N) is 2. The van der Waals surface area contributed by atoms with Crippen LogP contribution in [0.4, 0.5) is 0 Å². The van der Waals surface area contributed by atoms with Gasteiger partial charge in [-0.25, -0.2) is 0 Å². The first-order chi connectivity index (χ1) is 9.08. The number of halogens is 1. The predicted octanol–water partition coefficient (Wildman–Crippen LogP) is 2.31. The number of aliphatic hydroxyl groups excluding tert-OH is 1. The van der Waals surface area contributed by atoms with Crippen LogP contribution >= 0.6 is 15.9 Å². The molecule has 0 aliphatic carbocycles. The highest BCUT2D eigenvalue weighted by Crippen LogP contribution is 2.16. The van der Waals surface area contributed by atoms with Gasteiger partial charge in [-0.3, -0.25) is 4.68 Å². The molecule has 1 atom stereocenters. The molecule has 0 amide bonds. The van der Waals surface area contributed by atoms with Crippen molar-refractivity contribution in [2.24, 2.45) is 7.05 Å². The van der Waals surface area contributed by atoms with Crippen LogP contribution in [-0.2, 0) is 13.6 Å². The fourth-order valence-corrected chi connectivity index (χ4v) is 2.45. The van der Waals surface area contributed by atoms with Crippen LogP contribution in [0.25, 0.3) is 0 Å². The molecule has 0 spiro atoms. The number of aliphatic hydroxyl groups is 1. The van der Waals surface area contributed by atoms with Gasteiger partial charge in [0.15, 0.2) is 0 Å². The van der Waals surface area contributed by atoms with E-state index in [-0.39, 0.29) is 0 Å². The van der Waals surface area contributed by atoms with Gasteiger partial charge >= 0.3 is 0 Å². The van der Waals surface area contributed by atoms with Gasteiger partial charge in [-0.05, 0) is 28.4 Å². The Hall–Kier alpha value is -1.17. The van der Waals surface area contributed by atoms with E-state index in [1.807, 2.05) is 42.9 Å². The van der Waals surface area contributed by atoms with E-state index >= 15 is 0 Å². The van der Waals surface area contributed by atoms with Gasteiger partial charge in [0.1, 0.15) is 0 Å². The number of hydrogen-bond donors (Lipinski definition) is 2. The summed E-state index contributed by atoms with van der Waals surface area (Å²) < 4.78 is 2.79. The number of aryl methyl sites for hydroxylation is 2. The molecule has 4 nitrogen and oxygen atoms in total. The largest absolute Gasteiger partial charge is 0.387 e. The summed E-state index contributed by atoms with van der Waals surface area (Å²) in [7, 11) is 1.90. The van der Waals surface area contributed by atoms with Gasteiger partial charge in [0.05, 0.1) is 22.5 Å². The molecule has 102 valence electrons. The highest BCUT2D eigenvalue weighted by molar-refractivity contribution is 9.10. The Balaban J connectivity index is 1.89. The third-order valence-corrected chi connectivity index (χ3v) is 3.73. The zero-order valence-electron chi connectivity index (χ0n) is 11.1. The van der Waals surface area contributed by atoms with Crippen LogP contribution in [0.15, 0.2) is 34.9 Å². The molecule has 1 unspecified atom stereocenters. The fourth-order valence-electron chi connectivity index (χ4n) is 1.96. The molecule has 1 aromatic heterocycles. The SMILES string of the molecule is Cc1cccc(C(O)CNCc2c(Br)cnn2C)c1. The Bertz CT molecular complexity index is 534. The van der Waals surface area contributed by atoms with E-state index in [0.717, 1.165) is 21.3 Å². The summed E-state index contributed by atoms with van der Waals surface area (Å²) in [5, 5.41) is 17.5. The van der Waals surface area contributed by atoms with Gasteiger partial charge in [0, 0.05) is 20.1 Å². The van der Waals surface area contributed by atoms with Crippen LogP contribution < -0.4 is 5.32 Å². The van der Waals surface area contributed by atoms with Gasteiger partial charge in [0.25, 0.3) is 0 Å². The highest BCUT2D eigenvalue weighted by Gasteiger charge is 2.09. The Morgan fingerprint density at radius 3 is 2.89 bits per heavy atom. The van der Waals surface area contributed by atoms with Crippen LogP contribution in [-0.4, -0.2) is 21.4 Å². The summed E-state index contributed by atoms with van der Waals surface area (Å²) in [6.07, 6.45) is 1.28. The maximum absolute atomic E-state index is 10.1. The molecule has 1 heterocycles. The summed E-state index contributed by atoms with van der Waals surface area (Å²) in [6, 6.07) is 7.94. The minimum atomic E-state index is -0.494. The maximum Gasteiger partial charge on any atom is 0.0914 e. The van der Waals surface area contributed by atoms with Gasteiger partial charge in [-0.15, -0.1) is 0 Å². The highest BCUT2D eigenvalue weighted by atomic mass is 79.9. The summed E-state index contributed by atoms with van der Waals surface area (Å²) >= 11 is 3.45. The van der Waals surface area contributed by atoms with Gasteiger partial charge in [-0.1, -0.05) is 29.8 Å². The minimum Gasteiger partial charge on any atom is -0.387 e. The molecule has 0 aliphatic heterocycles. The molecule has 2 rings (SSSR count). The molecule has 2 aromatic rings. The Kier molecular flexibility index (Phi) is 4.74. The van der Waals surface area contributed by atoms with E-state index in [2.05, 4.69) is 26.3 Å². The molecule has 0 saturated carbocycles. The monoisotopic (exact) mass is 323 g/mol. The Morgan fingerprint density at radius 2 is 2.26 bits per heavy atom. The van der Waals surface area contributed by atoms with Crippen molar-refractivity contribution in [2.45, 2.75) is 19.6 Å². The van der Waals surface area contributed by atoms with Crippen molar-refractivity contribution in [3.8, 4) is 0 Å². The van der Waals surface area contributed by atoms with Crippen molar-refractivity contribution < 1.29 is 5.11 Å². The van der Waals surface area contributed by atoms with Crippen molar-refractivity contribution >= 4 is 15.9 Å². The van der Waals surface area contributed by atoms with Crippen LogP contribution in [0, 0.1) is 6.92 Å². The summed E-state index contributed by atoms with van der Waals surface area (Å²) in [5.41, 5.74) is 3.17. The third-order valence-electron chi connectivity index (χ3n) is 3.07. The zero-order valence-corrected chi connectivity index (χ0v) is 12.7. The second kappa shape index (κ2) is 6.32. The lowest BCUT2D eigenvalue weighted by molar-refractivity contribution is 0.174. The van der Waals surface area contributed by atoms with E-state index in [4.69, 9.17) is 0 Å². The average Bonchev–Trinajstić information content (AvgIpc) is 2.70. The summed E-state index contributed by atoms with van der Waals surface area (Å²) in [6.45, 7) is 3.21. The topological polar surface area (TPSA) is 50.1 Å². The normalized spacial score (nSPS) is 12.6. The first-order valence-electron chi connectivity index (χ1n) is 6.19. The number of aromatic nitrogens is 2. The molecule has 0 bridgehead atoms. The predicted molar refractivity (Wildman–Crippen MR) is 78.8 cm³/mol. The third kappa shape index (κ3) is 3.65. The zero-order chi connectivity index (χ0) is 13.8. The van der Waals surface area contributed by atoms with Crippen LogP contribution in [0.5, 0.6) is 0 Å². The van der Waals surface area contributed by atoms with Crippen LogP contribution in [0.2, 0.25) is 0 Å². The first-order valence-corrected chi connectivity index (χ1v) is 6.99. The number of nitrogens with one attached hydrogen (secondary N) is 1. The van der Waals surface area contributed by atoms with Crippen molar-refractivity contribution in [3.05, 3.63) is 51.8 Å². The number of hydrogen-bond acceptors (Lipinski definition) is 3. The lowest BCUT2D eigenvalue weighted by Gasteiger charge is -2.13. The van der Waals surface area contributed by atoms with Crippen molar-refractivity contribution in [1.29, 1.82) is 0 Å². The molecule has 19 heavy (non-hydrogen) atoms. The molecular weight excluding hydrogens is 306 g/mol. The van der Waals surface area contributed by atoms with Gasteiger partial charge in [0.2, 0.25) is 0 Å². The second-order valence-electron chi connectivity index (χ2n) is 4.62. The Labute approximate surface area is 121 Å². The smallest absolute Gasteiger partial charge is 0.0914 e. The van der Waals surface area contributed by atoms with E-state index in [1.165, 1.54) is 0 Å². The van der Waals surface area contributed by atoms with Crippen molar-refractivity contribution in [3.63, 3.8) is 0 Å². The lowest BCUT2D eigenvalue weighted by Crippen LogP contribution is -2.22. The standard InChI is InChI=1S/C14H18BrN3O/c1-10-4-3-5-11(6-10)14(19)9-16-8-13-12(15)7-17-18(13)2/h3-7,14,16,19H,8-9H2,1-2H3. The van der Waals surface area contributed by atoms with E-state index in [9.17, 15) is 5.11 Å². The molecule has 1 aromatic carbocycles. The minimum absolute atomic E-state index is 0.494. The molecule has 2 N–H and O–H groups in total. The average molecular weight is 324 g/mol. The quantitative estimate of drug-likeness (QED) is 0.887. The molecular formula is C14H18BrN3O. The van der Waals surface area contributed by atoms with E-state index in [0.29, 0.717) is 13.1 Å². The molecule has 0 saturated heterocycles. The second-order valence-corrected chi connectivity index (χ2v) is 5.48. The molecule has 0 fully saturated rings. The maximum atomic E-state index is 10.1. The van der Waals surface area contributed by atoms with E-state index in [1.54, 1.807) is 6.20 Å². The van der Waals surface area contributed by atoms with Crippen LogP contribution in [0.1, 0.15) is 22.9 Å². The first kappa shape index (κ1) is 14.2. The van der Waals surface area contributed by atoms with Gasteiger partial charge in [-0.2, -0.15) is 5.10 Å². The molecule has 0 aliphatic rings. The fraction of sp³-hybridized carbons (Fsp3) is 0.357.